The summed E-state index contributed by atoms with van der Waals surface area (Å²) in [6.45, 7) is 2.78. The lowest BCUT2D eigenvalue weighted by molar-refractivity contribution is 0.543. The number of hydrogen-bond donors (Lipinski definition) is 2. The molecule has 0 saturated carbocycles. The van der Waals surface area contributed by atoms with Crippen LogP contribution in [0.15, 0.2) is 30.3 Å². The van der Waals surface area contributed by atoms with Crippen molar-refractivity contribution in [3.63, 3.8) is 0 Å². The second-order valence-electron chi connectivity index (χ2n) is 5.17. The number of rotatable bonds is 10. The molecule has 0 aliphatic carbocycles. The molecule has 0 saturated heterocycles. The van der Waals surface area contributed by atoms with Crippen LogP contribution in [0.4, 0.5) is 0 Å². The molecule has 114 valence electrons. The number of nitrogens with one attached hydrogen (secondary N) is 2. The molecule has 0 heterocycles. The molecule has 1 aromatic rings. The summed E-state index contributed by atoms with van der Waals surface area (Å²) in [4.78, 5) is 0. The minimum atomic E-state index is -3.14. The quantitative estimate of drug-likeness (QED) is 0.649. The van der Waals surface area contributed by atoms with E-state index in [9.17, 15) is 8.42 Å². The fraction of sp³-hybridized carbons (Fsp3) is 0.600. The summed E-state index contributed by atoms with van der Waals surface area (Å²) in [6.07, 6.45) is 3.29. The zero-order valence-corrected chi connectivity index (χ0v) is 13.2. The minimum Gasteiger partial charge on any atom is -0.320 e. The number of unbranched alkanes of at least 4 members (excludes halogenated alkanes) is 1. The maximum Gasteiger partial charge on any atom is 0.211 e. The van der Waals surface area contributed by atoms with Crippen molar-refractivity contribution in [3.8, 4) is 0 Å². The van der Waals surface area contributed by atoms with Gasteiger partial charge in [0.2, 0.25) is 10.0 Å². The van der Waals surface area contributed by atoms with E-state index < -0.39 is 10.0 Å². The van der Waals surface area contributed by atoms with E-state index in [-0.39, 0.29) is 11.8 Å². The van der Waals surface area contributed by atoms with E-state index in [1.807, 2.05) is 32.2 Å². The van der Waals surface area contributed by atoms with Gasteiger partial charge in [0.15, 0.2) is 0 Å². The molecule has 1 aromatic carbocycles. The van der Waals surface area contributed by atoms with Gasteiger partial charge in [-0.1, -0.05) is 30.3 Å². The molecule has 20 heavy (non-hydrogen) atoms. The molecule has 5 heteroatoms. The van der Waals surface area contributed by atoms with Crippen molar-refractivity contribution in [1.29, 1.82) is 0 Å². The molecule has 1 rings (SSSR count). The molecule has 2 N–H and O–H groups in total. The second kappa shape index (κ2) is 9.10. The van der Waals surface area contributed by atoms with E-state index in [1.54, 1.807) is 0 Å². The maximum absolute atomic E-state index is 11.9. The molecule has 0 aliphatic heterocycles. The molecule has 0 fully saturated rings. The molecule has 0 spiro atoms. The Balaban J connectivity index is 2.28. The first-order valence-corrected chi connectivity index (χ1v) is 8.87. The highest BCUT2D eigenvalue weighted by Gasteiger charge is 2.13. The van der Waals surface area contributed by atoms with E-state index in [2.05, 4.69) is 22.2 Å². The minimum absolute atomic E-state index is 0.0236. The lowest BCUT2D eigenvalue weighted by atomic mass is 10.1. The Kier molecular flexibility index (Phi) is 7.80. The van der Waals surface area contributed by atoms with Crippen molar-refractivity contribution in [3.05, 3.63) is 35.9 Å². The van der Waals surface area contributed by atoms with Crippen molar-refractivity contribution >= 4 is 10.0 Å². The highest BCUT2D eigenvalue weighted by Crippen LogP contribution is 2.06. The van der Waals surface area contributed by atoms with Crippen LogP contribution in [0.3, 0.4) is 0 Å². The first kappa shape index (κ1) is 17.1. The van der Waals surface area contributed by atoms with Crippen LogP contribution in [0.25, 0.3) is 0 Å². The number of benzene rings is 1. The van der Waals surface area contributed by atoms with Crippen molar-refractivity contribution in [1.82, 2.24) is 10.0 Å². The molecule has 0 radical (unpaired) electrons. The fourth-order valence-corrected chi connectivity index (χ4v) is 3.48. The zero-order chi connectivity index (χ0) is 14.8. The lowest BCUT2D eigenvalue weighted by Gasteiger charge is -2.14. The van der Waals surface area contributed by atoms with Crippen molar-refractivity contribution < 1.29 is 8.42 Å². The maximum atomic E-state index is 11.9. The van der Waals surface area contributed by atoms with Gasteiger partial charge in [-0.3, -0.25) is 0 Å². The molecule has 0 bridgehead atoms. The predicted octanol–water partition coefficient (Wildman–Crippen LogP) is 1.93. The van der Waals surface area contributed by atoms with Crippen LogP contribution in [0.5, 0.6) is 0 Å². The van der Waals surface area contributed by atoms with Gasteiger partial charge in [0.1, 0.15) is 0 Å². The number of sulfonamides is 1. The molecule has 0 aliphatic rings. The average molecular weight is 298 g/mol. The average Bonchev–Trinajstić information content (AvgIpc) is 2.42. The van der Waals surface area contributed by atoms with Crippen molar-refractivity contribution in [2.45, 2.75) is 38.6 Å². The first-order chi connectivity index (χ1) is 9.53. The van der Waals surface area contributed by atoms with Crippen LogP contribution in [0.1, 0.15) is 31.7 Å². The lowest BCUT2D eigenvalue weighted by Crippen LogP contribution is -2.34. The monoisotopic (exact) mass is 298 g/mol. The second-order valence-corrected chi connectivity index (χ2v) is 7.05. The van der Waals surface area contributed by atoms with Crippen molar-refractivity contribution in [2.75, 3.05) is 19.3 Å². The first-order valence-electron chi connectivity index (χ1n) is 7.22. The van der Waals surface area contributed by atoms with Crippen LogP contribution in [0.2, 0.25) is 0 Å². The van der Waals surface area contributed by atoms with E-state index in [0.29, 0.717) is 6.42 Å². The molecule has 0 aromatic heterocycles. The van der Waals surface area contributed by atoms with Crippen LogP contribution >= 0.6 is 0 Å². The Bertz CT molecular complexity index is 460. The largest absolute Gasteiger partial charge is 0.320 e. The third kappa shape index (κ3) is 7.62. The summed E-state index contributed by atoms with van der Waals surface area (Å²) in [5, 5.41) is 3.02. The molecule has 1 atom stereocenters. The highest BCUT2D eigenvalue weighted by molar-refractivity contribution is 7.89. The van der Waals surface area contributed by atoms with Gasteiger partial charge in [-0.15, -0.1) is 0 Å². The standard InChI is InChI=1S/C15H26N2O2S/c1-14(10-11-15-8-4-3-5-9-15)17-20(18,19)13-7-6-12-16-2/h3-5,8-9,14,16-17H,6-7,10-13H2,1-2H3. The Morgan fingerprint density at radius 1 is 1.15 bits per heavy atom. The molecular weight excluding hydrogens is 272 g/mol. The summed E-state index contributed by atoms with van der Waals surface area (Å²) in [7, 11) is -1.27. The zero-order valence-electron chi connectivity index (χ0n) is 12.4. The third-order valence-corrected chi connectivity index (χ3v) is 4.77. The van der Waals surface area contributed by atoms with Crippen molar-refractivity contribution in [2.24, 2.45) is 0 Å². The summed E-state index contributed by atoms with van der Waals surface area (Å²) in [6, 6.07) is 10.1. The van der Waals surface area contributed by atoms with Gasteiger partial charge in [0.25, 0.3) is 0 Å². The van der Waals surface area contributed by atoms with Crippen LogP contribution < -0.4 is 10.0 Å². The number of aryl methyl sites for hydroxylation is 1. The topological polar surface area (TPSA) is 58.2 Å². The predicted molar refractivity (Wildman–Crippen MR) is 84.3 cm³/mol. The Morgan fingerprint density at radius 3 is 2.50 bits per heavy atom. The van der Waals surface area contributed by atoms with Gasteiger partial charge in [-0.05, 0) is 51.8 Å². The van der Waals surface area contributed by atoms with Crippen LogP contribution in [0, 0.1) is 0 Å². The van der Waals surface area contributed by atoms with Gasteiger partial charge >= 0.3 is 0 Å². The van der Waals surface area contributed by atoms with E-state index >= 15 is 0 Å². The van der Waals surface area contributed by atoms with Gasteiger partial charge in [-0.25, -0.2) is 13.1 Å². The Hall–Kier alpha value is -0.910. The fourth-order valence-electron chi connectivity index (χ4n) is 2.05. The number of hydrogen-bond acceptors (Lipinski definition) is 3. The Labute approximate surface area is 123 Å². The van der Waals surface area contributed by atoms with E-state index in [0.717, 1.165) is 25.8 Å². The molecule has 4 nitrogen and oxygen atoms in total. The SMILES string of the molecule is CNCCCCS(=O)(=O)NC(C)CCc1ccccc1. The smallest absolute Gasteiger partial charge is 0.211 e. The third-order valence-electron chi connectivity index (χ3n) is 3.18. The summed E-state index contributed by atoms with van der Waals surface area (Å²) in [5.41, 5.74) is 1.24. The molecule has 0 amide bonds. The van der Waals surface area contributed by atoms with Crippen LogP contribution in [-0.2, 0) is 16.4 Å². The van der Waals surface area contributed by atoms with Crippen LogP contribution in [-0.4, -0.2) is 33.8 Å². The van der Waals surface area contributed by atoms with Gasteiger partial charge in [0.05, 0.1) is 5.75 Å². The molecule has 1 unspecified atom stereocenters. The highest BCUT2D eigenvalue weighted by atomic mass is 32.2. The summed E-state index contributed by atoms with van der Waals surface area (Å²) in [5.74, 6) is 0.213. The summed E-state index contributed by atoms with van der Waals surface area (Å²) < 4.78 is 26.5. The van der Waals surface area contributed by atoms with Gasteiger partial charge in [-0.2, -0.15) is 0 Å². The molecular formula is C15H26N2O2S. The van der Waals surface area contributed by atoms with Gasteiger partial charge < -0.3 is 5.32 Å². The summed E-state index contributed by atoms with van der Waals surface area (Å²) >= 11 is 0. The Morgan fingerprint density at radius 2 is 1.85 bits per heavy atom. The van der Waals surface area contributed by atoms with E-state index in [4.69, 9.17) is 0 Å². The van der Waals surface area contributed by atoms with Gasteiger partial charge in [0, 0.05) is 6.04 Å². The van der Waals surface area contributed by atoms with E-state index in [1.165, 1.54) is 5.56 Å². The normalized spacial score (nSPS) is 13.3.